The Kier molecular flexibility index (Phi) is 2.44. The molecule has 3 rings (SSSR count). The topological polar surface area (TPSA) is 49.5 Å². The van der Waals surface area contributed by atoms with Crippen LogP contribution in [0.25, 0.3) is 0 Å². The fourth-order valence-corrected chi connectivity index (χ4v) is 2.14. The van der Waals surface area contributed by atoms with Crippen LogP contribution in [0.2, 0.25) is 0 Å². The molecule has 2 atom stereocenters. The lowest BCUT2D eigenvalue weighted by Gasteiger charge is -2.11. The van der Waals surface area contributed by atoms with Crippen LogP contribution in [-0.4, -0.2) is 40.5 Å². The summed E-state index contributed by atoms with van der Waals surface area (Å²) < 4.78 is 18.3. The van der Waals surface area contributed by atoms with Crippen molar-refractivity contribution < 1.29 is 14.0 Å². The Balaban J connectivity index is 1.61. The second-order valence-corrected chi connectivity index (χ2v) is 4.77. The highest BCUT2D eigenvalue weighted by atomic mass is 19.1. The van der Waals surface area contributed by atoms with Crippen molar-refractivity contribution in [2.45, 2.75) is 37.6 Å². The van der Waals surface area contributed by atoms with Crippen molar-refractivity contribution in [3.63, 3.8) is 0 Å². The number of hydrogen-bond acceptors (Lipinski definition) is 4. The van der Waals surface area contributed by atoms with Crippen molar-refractivity contribution >= 4 is 0 Å². The SMILES string of the molecule is O[C@@H]1CN(Cc2cc(C3CC3)on2)C[C@H]1F. The van der Waals surface area contributed by atoms with Crippen LogP contribution in [0, 0.1) is 0 Å². The molecule has 1 aliphatic heterocycles. The molecule has 4 nitrogen and oxygen atoms in total. The first-order chi connectivity index (χ1) is 7.72. The normalized spacial score (nSPS) is 31.1. The van der Waals surface area contributed by atoms with Crippen LogP contribution in [0.4, 0.5) is 4.39 Å². The van der Waals surface area contributed by atoms with Gasteiger partial charge in [-0.15, -0.1) is 0 Å². The van der Waals surface area contributed by atoms with Crippen molar-refractivity contribution in [2.75, 3.05) is 13.1 Å². The van der Waals surface area contributed by atoms with E-state index in [0.717, 1.165) is 11.5 Å². The highest BCUT2D eigenvalue weighted by Gasteiger charge is 2.32. The van der Waals surface area contributed by atoms with E-state index in [4.69, 9.17) is 4.52 Å². The van der Waals surface area contributed by atoms with Gasteiger partial charge in [-0.1, -0.05) is 5.16 Å². The van der Waals surface area contributed by atoms with Gasteiger partial charge in [0.15, 0.2) is 0 Å². The van der Waals surface area contributed by atoms with Crippen LogP contribution in [-0.2, 0) is 6.54 Å². The van der Waals surface area contributed by atoms with Crippen LogP contribution in [0.15, 0.2) is 10.6 Å². The lowest BCUT2D eigenvalue weighted by molar-refractivity contribution is 0.115. The summed E-state index contributed by atoms with van der Waals surface area (Å²) in [6, 6.07) is 1.95. The lowest BCUT2D eigenvalue weighted by Crippen LogP contribution is -2.21. The maximum atomic E-state index is 13.1. The first-order valence-electron chi connectivity index (χ1n) is 5.72. The van der Waals surface area contributed by atoms with Gasteiger partial charge in [0.25, 0.3) is 0 Å². The van der Waals surface area contributed by atoms with Gasteiger partial charge < -0.3 is 9.63 Å². The van der Waals surface area contributed by atoms with Crippen molar-refractivity contribution in [3.05, 3.63) is 17.5 Å². The summed E-state index contributed by atoms with van der Waals surface area (Å²) in [5.74, 6) is 1.51. The van der Waals surface area contributed by atoms with Crippen molar-refractivity contribution in [1.82, 2.24) is 10.1 Å². The molecule has 0 unspecified atom stereocenters. The van der Waals surface area contributed by atoms with Crippen LogP contribution in [0.5, 0.6) is 0 Å². The minimum Gasteiger partial charge on any atom is -0.389 e. The zero-order chi connectivity index (χ0) is 11.1. The Morgan fingerprint density at radius 1 is 1.50 bits per heavy atom. The number of aliphatic hydroxyl groups excluding tert-OH is 1. The molecule has 1 aromatic rings. The molecule has 2 aliphatic rings. The number of β-amino-alcohol motifs (C(OH)–C–C–N with tert-alkyl or cyclic N) is 1. The summed E-state index contributed by atoms with van der Waals surface area (Å²) in [6.45, 7) is 1.23. The third-order valence-electron chi connectivity index (χ3n) is 3.24. The largest absolute Gasteiger partial charge is 0.389 e. The van der Waals surface area contributed by atoms with Gasteiger partial charge in [-0.05, 0) is 12.8 Å². The van der Waals surface area contributed by atoms with Crippen molar-refractivity contribution in [3.8, 4) is 0 Å². The fourth-order valence-electron chi connectivity index (χ4n) is 2.14. The summed E-state index contributed by atoms with van der Waals surface area (Å²) >= 11 is 0. The number of nitrogens with zero attached hydrogens (tertiary/aromatic N) is 2. The van der Waals surface area contributed by atoms with E-state index in [1.807, 2.05) is 11.0 Å². The number of hydrogen-bond donors (Lipinski definition) is 1. The number of aliphatic hydroxyl groups is 1. The average molecular weight is 226 g/mol. The quantitative estimate of drug-likeness (QED) is 0.837. The number of aromatic nitrogens is 1. The van der Waals surface area contributed by atoms with Crippen LogP contribution in [0.1, 0.15) is 30.2 Å². The van der Waals surface area contributed by atoms with Crippen molar-refractivity contribution in [2.24, 2.45) is 0 Å². The summed E-state index contributed by atoms with van der Waals surface area (Å²) in [5.41, 5.74) is 0.836. The van der Waals surface area contributed by atoms with E-state index in [-0.39, 0.29) is 6.54 Å². The molecule has 1 aliphatic carbocycles. The molecule has 1 N–H and O–H groups in total. The van der Waals surface area contributed by atoms with Gasteiger partial charge in [-0.3, -0.25) is 4.90 Å². The van der Waals surface area contributed by atoms with E-state index in [9.17, 15) is 9.50 Å². The summed E-state index contributed by atoms with van der Waals surface area (Å²) in [7, 11) is 0. The maximum absolute atomic E-state index is 13.1. The zero-order valence-electron chi connectivity index (χ0n) is 8.97. The minimum absolute atomic E-state index is 0.285. The highest BCUT2D eigenvalue weighted by molar-refractivity contribution is 5.14. The molecule has 1 saturated carbocycles. The molecule has 88 valence electrons. The standard InChI is InChI=1S/C11H15FN2O2/c12-9-5-14(6-10(9)15)4-8-3-11(16-13-8)7-1-2-7/h3,7,9-10,15H,1-2,4-6H2/t9-,10-/m1/s1. The molecule has 0 spiro atoms. The number of rotatable bonds is 3. The minimum atomic E-state index is -1.13. The Hall–Kier alpha value is -0.940. The molecule has 2 heterocycles. The summed E-state index contributed by atoms with van der Waals surface area (Å²) in [4.78, 5) is 1.86. The highest BCUT2D eigenvalue weighted by Crippen LogP contribution is 2.40. The van der Waals surface area contributed by atoms with Crippen LogP contribution in [0.3, 0.4) is 0 Å². The van der Waals surface area contributed by atoms with Gasteiger partial charge in [0.05, 0.1) is 11.8 Å². The summed E-state index contributed by atoms with van der Waals surface area (Å²) in [6.07, 6.45) is 0.386. The monoisotopic (exact) mass is 226 g/mol. The molecular weight excluding hydrogens is 211 g/mol. The average Bonchev–Trinajstić information content (AvgIpc) is 2.92. The van der Waals surface area contributed by atoms with E-state index < -0.39 is 12.3 Å². The van der Waals surface area contributed by atoms with E-state index in [0.29, 0.717) is 19.0 Å². The molecule has 0 bridgehead atoms. The molecular formula is C11H15FN2O2. The van der Waals surface area contributed by atoms with E-state index in [1.54, 1.807) is 0 Å². The fraction of sp³-hybridized carbons (Fsp3) is 0.727. The maximum Gasteiger partial charge on any atom is 0.140 e. The first-order valence-corrected chi connectivity index (χ1v) is 5.72. The van der Waals surface area contributed by atoms with Gasteiger partial charge >= 0.3 is 0 Å². The Labute approximate surface area is 93.0 Å². The Morgan fingerprint density at radius 3 is 2.94 bits per heavy atom. The predicted octanol–water partition coefficient (Wildman–Crippen LogP) is 1.07. The van der Waals surface area contributed by atoms with E-state index in [2.05, 4.69) is 5.16 Å². The van der Waals surface area contributed by atoms with Gasteiger partial charge in [0.1, 0.15) is 11.9 Å². The Morgan fingerprint density at radius 2 is 2.31 bits per heavy atom. The van der Waals surface area contributed by atoms with Crippen LogP contribution >= 0.6 is 0 Å². The van der Waals surface area contributed by atoms with Gasteiger partial charge in [0.2, 0.25) is 0 Å². The second-order valence-electron chi connectivity index (χ2n) is 4.77. The molecule has 0 amide bonds. The molecule has 0 aromatic carbocycles. The first kappa shape index (κ1) is 10.2. The van der Waals surface area contributed by atoms with Crippen LogP contribution < -0.4 is 0 Å². The zero-order valence-corrected chi connectivity index (χ0v) is 8.97. The molecule has 1 aromatic heterocycles. The molecule has 5 heteroatoms. The number of alkyl halides is 1. The molecule has 16 heavy (non-hydrogen) atoms. The number of likely N-dealkylation sites (tertiary alicyclic amines) is 1. The predicted molar refractivity (Wildman–Crippen MR) is 54.7 cm³/mol. The van der Waals surface area contributed by atoms with E-state index in [1.165, 1.54) is 12.8 Å². The smallest absolute Gasteiger partial charge is 0.140 e. The van der Waals surface area contributed by atoms with Crippen molar-refractivity contribution in [1.29, 1.82) is 0 Å². The lowest BCUT2D eigenvalue weighted by atomic mass is 10.3. The van der Waals surface area contributed by atoms with E-state index >= 15 is 0 Å². The third kappa shape index (κ3) is 1.97. The summed E-state index contributed by atoms with van der Waals surface area (Å²) in [5, 5.41) is 13.3. The third-order valence-corrected chi connectivity index (χ3v) is 3.24. The second kappa shape index (κ2) is 3.82. The molecule has 2 fully saturated rings. The van der Waals surface area contributed by atoms with Gasteiger partial charge in [0, 0.05) is 31.6 Å². The number of halogens is 1. The van der Waals surface area contributed by atoms with Gasteiger partial charge in [-0.25, -0.2) is 4.39 Å². The molecule has 0 radical (unpaired) electrons. The molecule has 1 saturated heterocycles. The Bertz CT molecular complexity index is 368. The van der Waals surface area contributed by atoms with Gasteiger partial charge in [-0.2, -0.15) is 0 Å².